The van der Waals surface area contributed by atoms with Gasteiger partial charge in [0.1, 0.15) is 17.3 Å². The Morgan fingerprint density at radius 3 is 2.76 bits per heavy atom. The van der Waals surface area contributed by atoms with E-state index in [4.69, 9.17) is 4.52 Å². The Balaban J connectivity index is 1.45. The molecule has 1 saturated heterocycles. The summed E-state index contributed by atoms with van der Waals surface area (Å²) in [6.07, 6.45) is 8.09. The van der Waals surface area contributed by atoms with Gasteiger partial charge in [0.25, 0.3) is 5.91 Å². The normalized spacial score (nSPS) is 24.7. The zero-order valence-corrected chi connectivity index (χ0v) is 19.2. The van der Waals surface area contributed by atoms with Crippen LogP contribution >= 0.6 is 0 Å². The lowest BCUT2D eigenvalue weighted by molar-refractivity contribution is -0.142. The first kappa shape index (κ1) is 25.4. The second kappa shape index (κ2) is 11.3. The number of β-amino-alcohol motifs (C(OH)–C–C–N with tert-alkyl or cyclic N) is 1. The number of carboxylic acids is 1. The summed E-state index contributed by atoms with van der Waals surface area (Å²) in [5, 5.41) is 27.9. The fraction of sp³-hybridized carbons (Fsp3) is 0.609. The minimum absolute atomic E-state index is 0.114. The van der Waals surface area contributed by atoms with E-state index in [0.29, 0.717) is 44.4 Å². The second-order valence-corrected chi connectivity index (χ2v) is 8.99. The van der Waals surface area contributed by atoms with Gasteiger partial charge in [0, 0.05) is 25.1 Å². The number of amides is 3. The Hall–Kier alpha value is -3.21. The predicted molar refractivity (Wildman–Crippen MR) is 120 cm³/mol. The lowest BCUT2D eigenvalue weighted by atomic mass is 10.0. The van der Waals surface area contributed by atoms with E-state index < -0.39 is 29.6 Å². The maximum atomic E-state index is 12.9. The molecule has 4 N–H and O–H groups in total. The van der Waals surface area contributed by atoms with Gasteiger partial charge >= 0.3 is 5.97 Å². The molecule has 1 aliphatic heterocycles. The first-order chi connectivity index (χ1) is 16.3. The standard InChI is InChI=1S/C23H32N4O7/c1-15-11-19(26-34-15)20(30)25-18(21(31)27-10-9-17(29)13-27)8-6-4-2-3-5-7-16-12-23(16,22(32)33)24-14-28/h5,7,11,14,16-18,29H,2-4,6,8-10,12-13H2,1H3,(H,24,28)(H,25,30)(H,32,33)/b7-5-. The number of aliphatic carboxylic acids is 1. The summed E-state index contributed by atoms with van der Waals surface area (Å²) < 4.78 is 4.94. The van der Waals surface area contributed by atoms with Crippen LogP contribution in [0.5, 0.6) is 0 Å². The van der Waals surface area contributed by atoms with E-state index in [1.165, 1.54) is 6.07 Å². The van der Waals surface area contributed by atoms with Gasteiger partial charge in [0.15, 0.2) is 5.69 Å². The first-order valence-electron chi connectivity index (χ1n) is 11.6. The largest absolute Gasteiger partial charge is 0.479 e. The van der Waals surface area contributed by atoms with Crippen molar-refractivity contribution in [3.8, 4) is 0 Å². The molecule has 2 aliphatic rings. The summed E-state index contributed by atoms with van der Waals surface area (Å²) in [7, 11) is 0. The molecule has 186 valence electrons. The van der Waals surface area contributed by atoms with E-state index in [1.807, 2.05) is 12.2 Å². The van der Waals surface area contributed by atoms with Gasteiger partial charge in [-0.2, -0.15) is 0 Å². The van der Waals surface area contributed by atoms with Crippen molar-refractivity contribution in [1.29, 1.82) is 0 Å². The average Bonchev–Trinajstić information content (AvgIpc) is 3.08. The van der Waals surface area contributed by atoms with Crippen LogP contribution in [0.4, 0.5) is 0 Å². The number of hydrogen-bond acceptors (Lipinski definition) is 7. The zero-order valence-electron chi connectivity index (χ0n) is 19.2. The van der Waals surface area contributed by atoms with Crippen molar-refractivity contribution < 1.29 is 33.9 Å². The molecule has 4 atom stereocenters. The van der Waals surface area contributed by atoms with Gasteiger partial charge < -0.3 is 30.3 Å². The van der Waals surface area contributed by atoms with Crippen molar-refractivity contribution in [2.45, 2.75) is 69.6 Å². The van der Waals surface area contributed by atoms with Crippen molar-refractivity contribution in [2.75, 3.05) is 13.1 Å². The van der Waals surface area contributed by atoms with Gasteiger partial charge in [-0.1, -0.05) is 30.2 Å². The van der Waals surface area contributed by atoms with Crippen LogP contribution in [-0.4, -0.2) is 75.2 Å². The third kappa shape index (κ3) is 6.22. The highest BCUT2D eigenvalue weighted by Gasteiger charge is 2.59. The molecule has 2 fully saturated rings. The lowest BCUT2D eigenvalue weighted by Crippen LogP contribution is -2.48. The van der Waals surface area contributed by atoms with Crippen molar-refractivity contribution in [3.05, 3.63) is 29.7 Å². The fourth-order valence-corrected chi connectivity index (χ4v) is 4.27. The van der Waals surface area contributed by atoms with Crippen molar-refractivity contribution in [1.82, 2.24) is 20.7 Å². The summed E-state index contributed by atoms with van der Waals surface area (Å²) in [5.74, 6) is -1.43. The maximum Gasteiger partial charge on any atom is 0.330 e. The smallest absolute Gasteiger partial charge is 0.330 e. The van der Waals surface area contributed by atoms with E-state index in [2.05, 4.69) is 15.8 Å². The molecule has 4 unspecified atom stereocenters. The number of allylic oxidation sites excluding steroid dienone is 1. The van der Waals surface area contributed by atoms with Crippen molar-refractivity contribution >= 4 is 24.2 Å². The summed E-state index contributed by atoms with van der Waals surface area (Å²) in [5.41, 5.74) is -1.06. The molecule has 34 heavy (non-hydrogen) atoms. The molecule has 11 nitrogen and oxygen atoms in total. The molecule has 1 saturated carbocycles. The summed E-state index contributed by atoms with van der Waals surface area (Å²) in [6.45, 7) is 2.39. The van der Waals surface area contributed by atoms with Gasteiger partial charge in [-0.15, -0.1) is 0 Å². The van der Waals surface area contributed by atoms with Gasteiger partial charge in [0.2, 0.25) is 12.3 Å². The molecule has 1 aliphatic carbocycles. The minimum Gasteiger partial charge on any atom is -0.479 e. The number of aliphatic hydroxyl groups excluding tert-OH is 1. The minimum atomic E-state index is -1.17. The number of likely N-dealkylation sites (tertiary alicyclic amines) is 1. The number of unbranched alkanes of at least 4 members (excludes halogenated alkanes) is 3. The number of nitrogens with one attached hydrogen (secondary N) is 2. The van der Waals surface area contributed by atoms with Crippen LogP contribution in [0.2, 0.25) is 0 Å². The Labute approximate surface area is 197 Å². The number of aromatic nitrogens is 1. The molecule has 2 heterocycles. The van der Waals surface area contributed by atoms with Gasteiger partial charge in [-0.05, 0) is 39.0 Å². The second-order valence-electron chi connectivity index (χ2n) is 8.99. The third-order valence-corrected chi connectivity index (χ3v) is 6.38. The molecule has 0 aromatic carbocycles. The Morgan fingerprint density at radius 2 is 2.15 bits per heavy atom. The van der Waals surface area contributed by atoms with E-state index in [-0.39, 0.29) is 24.1 Å². The van der Waals surface area contributed by atoms with E-state index in [9.17, 15) is 29.4 Å². The van der Waals surface area contributed by atoms with Gasteiger partial charge in [-0.25, -0.2) is 4.79 Å². The molecule has 0 spiro atoms. The SMILES string of the molecule is Cc1cc(C(=O)NC(CCCCC/C=C\C2CC2(NC=O)C(=O)O)C(=O)N2CCC(O)C2)no1. The summed E-state index contributed by atoms with van der Waals surface area (Å²) >= 11 is 0. The number of aryl methyl sites for hydroxylation is 1. The summed E-state index contributed by atoms with van der Waals surface area (Å²) in [6, 6.07) is 0.786. The number of carboxylic acid groups (broad SMARTS) is 1. The Bertz CT molecular complexity index is 930. The van der Waals surface area contributed by atoms with Gasteiger partial charge in [0.05, 0.1) is 6.10 Å². The van der Waals surface area contributed by atoms with E-state index in [1.54, 1.807) is 11.8 Å². The number of rotatable bonds is 13. The highest BCUT2D eigenvalue weighted by atomic mass is 16.5. The quantitative estimate of drug-likeness (QED) is 0.184. The molecule has 0 bridgehead atoms. The predicted octanol–water partition coefficient (Wildman–Crippen LogP) is 0.771. The highest BCUT2D eigenvalue weighted by molar-refractivity contribution is 5.96. The Morgan fingerprint density at radius 1 is 1.35 bits per heavy atom. The van der Waals surface area contributed by atoms with E-state index in [0.717, 1.165) is 19.3 Å². The zero-order chi connectivity index (χ0) is 24.7. The number of carbonyl (C=O) groups excluding carboxylic acids is 3. The van der Waals surface area contributed by atoms with Gasteiger partial charge in [-0.3, -0.25) is 14.4 Å². The van der Waals surface area contributed by atoms with Crippen LogP contribution in [0.1, 0.15) is 61.2 Å². The topological polar surface area (TPSA) is 162 Å². The lowest BCUT2D eigenvalue weighted by Gasteiger charge is -2.24. The maximum absolute atomic E-state index is 12.9. The highest BCUT2D eigenvalue weighted by Crippen LogP contribution is 2.44. The fourth-order valence-electron chi connectivity index (χ4n) is 4.27. The number of hydrogen-bond donors (Lipinski definition) is 4. The third-order valence-electron chi connectivity index (χ3n) is 6.38. The number of nitrogens with zero attached hydrogens (tertiary/aromatic N) is 2. The van der Waals surface area contributed by atoms with Crippen molar-refractivity contribution in [3.63, 3.8) is 0 Å². The van der Waals surface area contributed by atoms with Crippen LogP contribution in [0, 0.1) is 12.8 Å². The molecular weight excluding hydrogens is 444 g/mol. The number of carbonyl (C=O) groups is 4. The van der Waals surface area contributed by atoms with Crippen LogP contribution in [0.3, 0.4) is 0 Å². The molecule has 11 heteroatoms. The molecule has 3 amide bonds. The molecule has 1 aromatic rings. The molecule has 0 radical (unpaired) electrons. The monoisotopic (exact) mass is 476 g/mol. The van der Waals surface area contributed by atoms with Crippen LogP contribution in [-0.2, 0) is 14.4 Å². The van der Waals surface area contributed by atoms with Crippen LogP contribution < -0.4 is 10.6 Å². The summed E-state index contributed by atoms with van der Waals surface area (Å²) in [4.78, 5) is 49.0. The van der Waals surface area contributed by atoms with Crippen LogP contribution in [0.15, 0.2) is 22.7 Å². The van der Waals surface area contributed by atoms with E-state index >= 15 is 0 Å². The first-order valence-corrected chi connectivity index (χ1v) is 11.6. The molecule has 1 aromatic heterocycles. The Kier molecular flexibility index (Phi) is 8.43. The molecular formula is C23H32N4O7. The van der Waals surface area contributed by atoms with Crippen LogP contribution in [0.25, 0.3) is 0 Å². The molecule has 3 rings (SSSR count). The number of aliphatic hydroxyl groups is 1. The van der Waals surface area contributed by atoms with Crippen molar-refractivity contribution in [2.24, 2.45) is 5.92 Å². The average molecular weight is 477 g/mol.